The Hall–Kier alpha value is 0.0774. The molecule has 1 rings (SSSR count). The maximum absolute atomic E-state index is 2.28. The van der Waals surface area contributed by atoms with E-state index in [1.165, 1.54) is 25.7 Å². The van der Waals surface area contributed by atoms with E-state index in [0.717, 1.165) is 0 Å². The molecule has 0 nitrogen and oxygen atoms in total. The Bertz CT molecular complexity index is 166. The van der Waals surface area contributed by atoms with Crippen LogP contribution in [0.5, 0.6) is 0 Å². The zero-order valence-corrected chi connectivity index (χ0v) is 6.98. The van der Waals surface area contributed by atoms with Crippen LogP contribution in [-0.2, 0) is 0 Å². The molecule has 1 aliphatic rings. The summed E-state index contributed by atoms with van der Waals surface area (Å²) in [7, 11) is 0. The van der Waals surface area contributed by atoms with Crippen molar-refractivity contribution in [2.24, 2.45) is 0 Å². The second-order valence-corrected chi connectivity index (χ2v) is 3.02. The normalized spacial score (nSPS) is 17.1. The first-order valence-electron chi connectivity index (χ1n) is 4.19. The van der Waals surface area contributed by atoms with E-state index in [2.05, 4.69) is 36.8 Å². The molecule has 0 saturated carbocycles. The second-order valence-electron chi connectivity index (χ2n) is 3.02. The summed E-state index contributed by atoms with van der Waals surface area (Å²) in [5.41, 5.74) is 1.59. The molecule has 0 bridgehead atoms. The van der Waals surface area contributed by atoms with Crippen molar-refractivity contribution in [3.8, 4) is 0 Å². The molecule has 0 heterocycles. The van der Waals surface area contributed by atoms with Gasteiger partial charge >= 0.3 is 72.3 Å². The van der Waals surface area contributed by atoms with E-state index in [1.807, 2.05) is 0 Å². The molecule has 0 aromatic carbocycles. The summed E-state index contributed by atoms with van der Waals surface area (Å²) in [5, 5.41) is 0. The first-order valence-corrected chi connectivity index (χ1v) is 4.19. The van der Waals surface area contributed by atoms with Crippen molar-refractivity contribution in [2.75, 3.05) is 0 Å². The van der Waals surface area contributed by atoms with Crippen LogP contribution in [0.1, 0.15) is 32.6 Å². The molecule has 0 unspecified atom stereocenters. The summed E-state index contributed by atoms with van der Waals surface area (Å²) in [5.74, 6) is 0. The van der Waals surface area contributed by atoms with E-state index < -0.39 is 0 Å². The third kappa shape index (κ3) is 2.04. The Kier molecular flexibility index (Phi) is 3.32. The van der Waals surface area contributed by atoms with Gasteiger partial charge < -0.3 is 0 Å². The van der Waals surface area contributed by atoms with Gasteiger partial charge in [-0.15, -0.1) is 0 Å². The number of hydrogen-bond donors (Lipinski definition) is 0. The van der Waals surface area contributed by atoms with Crippen LogP contribution in [0.2, 0.25) is 0 Å². The van der Waals surface area contributed by atoms with E-state index in [0.29, 0.717) is 0 Å². The average Bonchev–Trinajstić information content (AvgIpc) is 2.31. The summed E-state index contributed by atoms with van der Waals surface area (Å²) in [6, 6.07) is 0. The zero-order chi connectivity index (χ0) is 7.40. The molecule has 0 aromatic rings. The van der Waals surface area contributed by atoms with Crippen LogP contribution >= 0.6 is 0 Å². The minimum absolute atomic E-state index is 1.19. The van der Waals surface area contributed by atoms with Crippen molar-refractivity contribution in [3.63, 3.8) is 0 Å². The summed E-state index contributed by atoms with van der Waals surface area (Å²) in [6.45, 7) is 2.24. The van der Waals surface area contributed by atoms with Gasteiger partial charge in [-0.3, -0.25) is 0 Å². The number of allylic oxidation sites excluding steroid dienone is 4. The minimum atomic E-state index is 1.19. The molecule has 50 valence electrons. The molecule has 0 amide bonds. The van der Waals surface area contributed by atoms with Gasteiger partial charge in [0.05, 0.1) is 0 Å². The molecular formula is C9H13Li. The Balaban J connectivity index is 2.38. The van der Waals surface area contributed by atoms with Crippen LogP contribution in [-0.4, -0.2) is 17.7 Å². The van der Waals surface area contributed by atoms with E-state index in [4.69, 9.17) is 0 Å². The van der Waals surface area contributed by atoms with Crippen LogP contribution in [0, 0.1) is 0 Å². The van der Waals surface area contributed by atoms with Crippen molar-refractivity contribution in [1.82, 2.24) is 0 Å². The Morgan fingerprint density at radius 3 is 2.90 bits per heavy atom. The average molecular weight is 128 g/mol. The van der Waals surface area contributed by atoms with Crippen LogP contribution in [0.3, 0.4) is 0 Å². The molecular weight excluding hydrogens is 115 g/mol. The third-order valence-electron chi connectivity index (χ3n) is 2.09. The van der Waals surface area contributed by atoms with Gasteiger partial charge in [0.2, 0.25) is 0 Å². The van der Waals surface area contributed by atoms with Crippen molar-refractivity contribution in [2.45, 2.75) is 32.6 Å². The van der Waals surface area contributed by atoms with Crippen LogP contribution in [0.25, 0.3) is 0 Å². The monoisotopic (exact) mass is 128 g/mol. The van der Waals surface area contributed by atoms with Gasteiger partial charge in [-0.2, -0.15) is 0 Å². The zero-order valence-electron chi connectivity index (χ0n) is 6.98. The Morgan fingerprint density at radius 2 is 2.40 bits per heavy atom. The van der Waals surface area contributed by atoms with Crippen molar-refractivity contribution in [3.05, 3.63) is 22.0 Å². The van der Waals surface area contributed by atoms with Gasteiger partial charge in [0.25, 0.3) is 0 Å². The number of unbranched alkanes of at least 4 members (excludes halogenated alkanes) is 1. The SMILES string of the molecule is [Li][C]1=C(CCCC)C=CC1. The predicted octanol–water partition coefficient (Wildman–Crippen LogP) is 2.56. The van der Waals surface area contributed by atoms with E-state index >= 15 is 0 Å². The van der Waals surface area contributed by atoms with Gasteiger partial charge in [-0.1, -0.05) is 0 Å². The summed E-state index contributed by atoms with van der Waals surface area (Å²) < 4.78 is 1.58. The quantitative estimate of drug-likeness (QED) is 0.512. The fourth-order valence-electron chi connectivity index (χ4n) is 1.32. The predicted molar refractivity (Wildman–Crippen MR) is 46.1 cm³/mol. The molecule has 10 heavy (non-hydrogen) atoms. The first-order chi connectivity index (χ1) is 4.84. The van der Waals surface area contributed by atoms with Gasteiger partial charge in [-0.05, 0) is 0 Å². The summed E-state index contributed by atoms with van der Waals surface area (Å²) in [6.07, 6.45) is 9.69. The Labute approximate surface area is 72.6 Å². The number of hydrogen-bond acceptors (Lipinski definition) is 0. The van der Waals surface area contributed by atoms with Crippen LogP contribution in [0.4, 0.5) is 0 Å². The summed E-state index contributed by atoms with van der Waals surface area (Å²) in [4.78, 5) is 0. The van der Waals surface area contributed by atoms with Gasteiger partial charge in [0.15, 0.2) is 0 Å². The van der Waals surface area contributed by atoms with Gasteiger partial charge in [0.1, 0.15) is 0 Å². The van der Waals surface area contributed by atoms with Gasteiger partial charge in [-0.25, -0.2) is 0 Å². The molecule has 0 aromatic heterocycles. The fraction of sp³-hybridized carbons (Fsp3) is 0.556. The molecule has 1 aliphatic carbocycles. The van der Waals surface area contributed by atoms with Crippen molar-refractivity contribution < 1.29 is 0 Å². The summed E-state index contributed by atoms with van der Waals surface area (Å²) >= 11 is 2.24. The second kappa shape index (κ2) is 4.06. The fourth-order valence-corrected chi connectivity index (χ4v) is 1.32. The van der Waals surface area contributed by atoms with Crippen LogP contribution in [0.15, 0.2) is 22.0 Å². The van der Waals surface area contributed by atoms with Crippen molar-refractivity contribution >= 4 is 17.7 Å². The molecule has 0 fully saturated rings. The molecule has 0 saturated heterocycles. The molecule has 0 aliphatic heterocycles. The third-order valence-corrected chi connectivity index (χ3v) is 2.09. The van der Waals surface area contributed by atoms with Crippen molar-refractivity contribution in [1.29, 1.82) is 0 Å². The first kappa shape index (κ1) is 8.18. The van der Waals surface area contributed by atoms with E-state index in [-0.39, 0.29) is 0 Å². The standard InChI is InChI=1S/C9H13.Li/c1-2-3-6-9-7-4-5-8-9;/h4,7H,2-3,5-6H2,1H3;. The molecule has 1 heteroatoms. The molecule has 0 radical (unpaired) electrons. The van der Waals surface area contributed by atoms with E-state index in [9.17, 15) is 0 Å². The molecule has 0 atom stereocenters. The number of rotatable bonds is 3. The maximum atomic E-state index is 2.28. The van der Waals surface area contributed by atoms with Gasteiger partial charge in [0, 0.05) is 0 Å². The molecule has 0 spiro atoms. The van der Waals surface area contributed by atoms with Crippen LogP contribution < -0.4 is 0 Å². The topological polar surface area (TPSA) is 0 Å². The molecule has 0 N–H and O–H groups in total. The van der Waals surface area contributed by atoms with E-state index in [1.54, 1.807) is 9.82 Å². The Morgan fingerprint density at radius 1 is 1.60 bits per heavy atom.